The second-order valence-electron chi connectivity index (χ2n) is 5.47. The first-order valence-corrected chi connectivity index (χ1v) is 7.86. The number of carbonyl (C=O) groups excluding carboxylic acids is 2. The Kier molecular flexibility index (Phi) is 5.95. The van der Waals surface area contributed by atoms with Gasteiger partial charge in [-0.3, -0.25) is 9.59 Å². The van der Waals surface area contributed by atoms with Crippen molar-refractivity contribution in [2.75, 3.05) is 12.4 Å². The molecule has 0 saturated carbocycles. The van der Waals surface area contributed by atoms with Gasteiger partial charge in [0.15, 0.2) is 0 Å². The van der Waals surface area contributed by atoms with Crippen molar-refractivity contribution in [1.29, 1.82) is 0 Å². The fourth-order valence-corrected chi connectivity index (χ4v) is 2.44. The Bertz CT molecular complexity index is 711. The zero-order valence-corrected chi connectivity index (χ0v) is 14.1. The van der Waals surface area contributed by atoms with Crippen LogP contribution in [0, 0.1) is 0 Å². The number of anilines is 1. The van der Waals surface area contributed by atoms with E-state index in [4.69, 9.17) is 4.74 Å². The highest BCUT2D eigenvalue weighted by Gasteiger charge is 2.14. The Morgan fingerprint density at radius 2 is 1.83 bits per heavy atom. The molecule has 126 valence electrons. The molecule has 0 aliphatic heterocycles. The molecule has 5 heteroatoms. The minimum Gasteiger partial charge on any atom is -0.497 e. The fraction of sp³-hybridized carbons (Fsp3) is 0.263. The quantitative estimate of drug-likeness (QED) is 0.853. The fourth-order valence-electron chi connectivity index (χ4n) is 2.44. The highest BCUT2D eigenvalue weighted by atomic mass is 16.5. The summed E-state index contributed by atoms with van der Waals surface area (Å²) in [5.41, 5.74) is 2.13. The van der Waals surface area contributed by atoms with E-state index in [0.717, 1.165) is 17.7 Å². The molecule has 2 rings (SSSR count). The molecule has 0 heterocycles. The average Bonchev–Trinajstić information content (AvgIpc) is 2.59. The molecule has 2 amide bonds. The van der Waals surface area contributed by atoms with Crippen LogP contribution in [0.15, 0.2) is 48.5 Å². The summed E-state index contributed by atoms with van der Waals surface area (Å²) in [6.07, 6.45) is 0.767. The van der Waals surface area contributed by atoms with E-state index >= 15 is 0 Å². The lowest BCUT2D eigenvalue weighted by Gasteiger charge is -2.18. The molecule has 1 atom stereocenters. The molecular weight excluding hydrogens is 304 g/mol. The Labute approximate surface area is 142 Å². The van der Waals surface area contributed by atoms with Gasteiger partial charge in [0.25, 0.3) is 5.91 Å². The zero-order chi connectivity index (χ0) is 17.5. The van der Waals surface area contributed by atoms with Crippen molar-refractivity contribution in [2.24, 2.45) is 0 Å². The molecule has 5 nitrogen and oxygen atoms in total. The summed E-state index contributed by atoms with van der Waals surface area (Å²) in [7, 11) is 1.62. The van der Waals surface area contributed by atoms with E-state index < -0.39 is 0 Å². The Morgan fingerprint density at radius 3 is 2.42 bits per heavy atom. The molecule has 0 fully saturated rings. The maximum Gasteiger partial charge on any atom is 0.251 e. The van der Waals surface area contributed by atoms with Gasteiger partial charge in [-0.2, -0.15) is 0 Å². The topological polar surface area (TPSA) is 67.4 Å². The first-order chi connectivity index (χ1) is 11.5. The Balaban J connectivity index is 2.12. The van der Waals surface area contributed by atoms with E-state index in [2.05, 4.69) is 10.6 Å². The van der Waals surface area contributed by atoms with Gasteiger partial charge in [0.2, 0.25) is 5.91 Å². The molecule has 0 aliphatic rings. The first kappa shape index (κ1) is 17.5. The van der Waals surface area contributed by atoms with Gasteiger partial charge in [-0.25, -0.2) is 0 Å². The van der Waals surface area contributed by atoms with Crippen LogP contribution in [0.2, 0.25) is 0 Å². The van der Waals surface area contributed by atoms with Crippen LogP contribution >= 0.6 is 0 Å². The van der Waals surface area contributed by atoms with E-state index in [0.29, 0.717) is 11.3 Å². The summed E-state index contributed by atoms with van der Waals surface area (Å²) in [4.78, 5) is 23.6. The minimum absolute atomic E-state index is 0.0900. The van der Waals surface area contributed by atoms with Gasteiger partial charge in [-0.05, 0) is 42.3 Å². The molecule has 2 N–H and O–H groups in total. The van der Waals surface area contributed by atoms with Gasteiger partial charge in [0, 0.05) is 18.2 Å². The standard InChI is InChI=1S/C19H22N2O3/c1-4-18(14-8-10-17(24-3)11-9-14)21-19(23)15-6-5-7-16(12-15)20-13(2)22/h5-12,18H,4H2,1-3H3,(H,20,22)(H,21,23)/t18-/m0/s1. The summed E-state index contributed by atoms with van der Waals surface area (Å²) in [5.74, 6) is 0.435. The predicted molar refractivity (Wildman–Crippen MR) is 94.2 cm³/mol. The number of nitrogens with one attached hydrogen (secondary N) is 2. The summed E-state index contributed by atoms with van der Waals surface area (Å²) in [6, 6.07) is 14.4. The molecule has 2 aromatic carbocycles. The third-order valence-corrected chi connectivity index (χ3v) is 3.68. The largest absolute Gasteiger partial charge is 0.497 e. The molecule has 24 heavy (non-hydrogen) atoms. The third-order valence-electron chi connectivity index (χ3n) is 3.68. The molecule has 0 saturated heterocycles. The number of carbonyl (C=O) groups is 2. The normalized spacial score (nSPS) is 11.5. The van der Waals surface area contributed by atoms with Crippen molar-refractivity contribution in [3.8, 4) is 5.75 Å². The van der Waals surface area contributed by atoms with E-state index in [1.807, 2.05) is 31.2 Å². The van der Waals surface area contributed by atoms with Crippen molar-refractivity contribution >= 4 is 17.5 Å². The lowest BCUT2D eigenvalue weighted by Crippen LogP contribution is -2.28. The van der Waals surface area contributed by atoms with Crippen LogP contribution in [0.3, 0.4) is 0 Å². The van der Waals surface area contributed by atoms with Gasteiger partial charge in [0.1, 0.15) is 5.75 Å². The van der Waals surface area contributed by atoms with Gasteiger partial charge in [-0.15, -0.1) is 0 Å². The molecule has 2 aromatic rings. The number of amides is 2. The smallest absolute Gasteiger partial charge is 0.251 e. The van der Waals surface area contributed by atoms with Gasteiger partial charge in [0.05, 0.1) is 13.2 Å². The highest BCUT2D eigenvalue weighted by molar-refractivity contribution is 5.97. The van der Waals surface area contributed by atoms with Crippen LogP contribution in [0.5, 0.6) is 5.75 Å². The summed E-state index contributed by atoms with van der Waals surface area (Å²) >= 11 is 0. The molecule has 0 radical (unpaired) electrons. The van der Waals surface area contributed by atoms with Crippen molar-refractivity contribution in [1.82, 2.24) is 5.32 Å². The number of rotatable bonds is 6. The van der Waals surface area contributed by atoms with E-state index in [-0.39, 0.29) is 17.9 Å². The lowest BCUT2D eigenvalue weighted by atomic mass is 10.0. The van der Waals surface area contributed by atoms with Gasteiger partial charge >= 0.3 is 0 Å². The summed E-state index contributed by atoms with van der Waals surface area (Å²) < 4.78 is 5.16. The maximum atomic E-state index is 12.5. The van der Waals surface area contributed by atoms with Crippen molar-refractivity contribution in [2.45, 2.75) is 26.3 Å². The highest BCUT2D eigenvalue weighted by Crippen LogP contribution is 2.21. The number of benzene rings is 2. The number of methoxy groups -OCH3 is 1. The monoisotopic (exact) mass is 326 g/mol. The molecule has 0 bridgehead atoms. The van der Waals surface area contributed by atoms with Crippen molar-refractivity contribution < 1.29 is 14.3 Å². The van der Waals surface area contributed by atoms with E-state index in [1.54, 1.807) is 31.4 Å². The van der Waals surface area contributed by atoms with Crippen LogP contribution in [-0.4, -0.2) is 18.9 Å². The molecule has 0 aromatic heterocycles. The van der Waals surface area contributed by atoms with Crippen LogP contribution in [0.25, 0.3) is 0 Å². The van der Waals surface area contributed by atoms with Crippen LogP contribution < -0.4 is 15.4 Å². The SMILES string of the molecule is CC[C@H](NC(=O)c1cccc(NC(C)=O)c1)c1ccc(OC)cc1. The Morgan fingerprint density at radius 1 is 1.12 bits per heavy atom. The number of hydrogen-bond acceptors (Lipinski definition) is 3. The lowest BCUT2D eigenvalue weighted by molar-refractivity contribution is -0.114. The van der Waals surface area contributed by atoms with Crippen LogP contribution in [-0.2, 0) is 4.79 Å². The maximum absolute atomic E-state index is 12.5. The summed E-state index contributed by atoms with van der Waals surface area (Å²) in [6.45, 7) is 3.45. The van der Waals surface area contributed by atoms with Crippen LogP contribution in [0.4, 0.5) is 5.69 Å². The number of ether oxygens (including phenoxy) is 1. The van der Waals surface area contributed by atoms with E-state index in [1.165, 1.54) is 6.92 Å². The minimum atomic E-state index is -0.176. The molecule has 0 unspecified atom stereocenters. The third kappa shape index (κ3) is 4.59. The predicted octanol–water partition coefficient (Wildman–Crippen LogP) is 3.53. The van der Waals surface area contributed by atoms with Crippen molar-refractivity contribution in [3.63, 3.8) is 0 Å². The average molecular weight is 326 g/mol. The molecule has 0 spiro atoms. The zero-order valence-electron chi connectivity index (χ0n) is 14.1. The van der Waals surface area contributed by atoms with Crippen molar-refractivity contribution in [3.05, 3.63) is 59.7 Å². The van der Waals surface area contributed by atoms with E-state index in [9.17, 15) is 9.59 Å². The Hall–Kier alpha value is -2.82. The molecule has 0 aliphatic carbocycles. The second-order valence-corrected chi connectivity index (χ2v) is 5.47. The number of hydrogen-bond donors (Lipinski definition) is 2. The summed E-state index contributed by atoms with van der Waals surface area (Å²) in [5, 5.41) is 5.70. The molecular formula is C19H22N2O3. The first-order valence-electron chi connectivity index (χ1n) is 7.86. The van der Waals surface area contributed by atoms with Gasteiger partial charge < -0.3 is 15.4 Å². The van der Waals surface area contributed by atoms with Crippen LogP contribution in [0.1, 0.15) is 42.2 Å². The van der Waals surface area contributed by atoms with Gasteiger partial charge in [-0.1, -0.05) is 25.1 Å². The second kappa shape index (κ2) is 8.15.